The van der Waals surface area contributed by atoms with Gasteiger partial charge < -0.3 is 20.4 Å². The lowest BCUT2D eigenvalue weighted by Gasteiger charge is -2.19. The highest BCUT2D eigenvalue weighted by Gasteiger charge is 2.35. The van der Waals surface area contributed by atoms with E-state index < -0.39 is 23.8 Å². The zero-order chi connectivity index (χ0) is 15.3. The van der Waals surface area contributed by atoms with Crippen molar-refractivity contribution < 1.29 is 24.6 Å². The predicted molar refractivity (Wildman–Crippen MR) is 70.8 cm³/mol. The fourth-order valence-electron chi connectivity index (χ4n) is 2.24. The van der Waals surface area contributed by atoms with Crippen molar-refractivity contribution in [3.05, 3.63) is 0 Å². The van der Waals surface area contributed by atoms with Crippen LogP contribution in [-0.2, 0) is 14.4 Å². The highest BCUT2D eigenvalue weighted by atomic mass is 16.4. The number of aliphatic carboxylic acids is 1. The number of nitrogens with one attached hydrogen (secondary N) is 1. The highest BCUT2D eigenvalue weighted by Crippen LogP contribution is 2.19. The van der Waals surface area contributed by atoms with Crippen LogP contribution in [0.25, 0.3) is 0 Å². The normalized spacial score (nSPS) is 20.3. The fraction of sp³-hybridized carbons (Fsp3) is 0.769. The first-order chi connectivity index (χ1) is 9.35. The van der Waals surface area contributed by atoms with Gasteiger partial charge in [-0.1, -0.05) is 13.8 Å². The molecule has 0 bridgehead atoms. The molecule has 114 valence electrons. The van der Waals surface area contributed by atoms with Gasteiger partial charge in [0.15, 0.2) is 0 Å². The molecule has 0 aromatic rings. The Morgan fingerprint density at radius 2 is 2.10 bits per heavy atom. The molecule has 20 heavy (non-hydrogen) atoms. The molecular weight excluding hydrogens is 264 g/mol. The lowest BCUT2D eigenvalue weighted by Crippen LogP contribution is -2.44. The summed E-state index contributed by atoms with van der Waals surface area (Å²) < 4.78 is 0. The average molecular weight is 286 g/mol. The van der Waals surface area contributed by atoms with Gasteiger partial charge in [0, 0.05) is 32.5 Å². The third-order valence-electron chi connectivity index (χ3n) is 3.20. The van der Waals surface area contributed by atoms with Gasteiger partial charge in [-0.05, 0) is 5.92 Å². The zero-order valence-corrected chi connectivity index (χ0v) is 11.8. The number of aliphatic hydroxyl groups excluding tert-OH is 1. The van der Waals surface area contributed by atoms with E-state index in [9.17, 15) is 14.4 Å². The SMILES string of the molecule is CC(C)CN1CC(C(=O)NC(CCO)C(=O)O)CC1=O. The minimum atomic E-state index is -1.18. The first kappa shape index (κ1) is 16.4. The fourth-order valence-corrected chi connectivity index (χ4v) is 2.24. The summed E-state index contributed by atoms with van der Waals surface area (Å²) in [5.41, 5.74) is 0. The van der Waals surface area contributed by atoms with Gasteiger partial charge in [-0.3, -0.25) is 9.59 Å². The van der Waals surface area contributed by atoms with Crippen molar-refractivity contribution in [2.75, 3.05) is 19.7 Å². The molecule has 1 fully saturated rings. The zero-order valence-electron chi connectivity index (χ0n) is 11.8. The molecule has 7 nitrogen and oxygen atoms in total. The lowest BCUT2D eigenvalue weighted by molar-refractivity contribution is -0.142. The molecule has 2 atom stereocenters. The Kier molecular flexibility index (Phi) is 5.94. The van der Waals surface area contributed by atoms with E-state index >= 15 is 0 Å². The van der Waals surface area contributed by atoms with E-state index in [4.69, 9.17) is 10.2 Å². The van der Waals surface area contributed by atoms with E-state index in [0.29, 0.717) is 19.0 Å². The van der Waals surface area contributed by atoms with Crippen LogP contribution in [0.1, 0.15) is 26.7 Å². The summed E-state index contributed by atoms with van der Waals surface area (Å²) in [6.07, 6.45) is 0.0709. The number of carbonyl (C=O) groups excluding carboxylic acids is 2. The Morgan fingerprint density at radius 3 is 2.60 bits per heavy atom. The number of carboxylic acid groups (broad SMARTS) is 1. The molecule has 0 aromatic carbocycles. The van der Waals surface area contributed by atoms with E-state index in [-0.39, 0.29) is 25.4 Å². The van der Waals surface area contributed by atoms with Crippen molar-refractivity contribution in [3.8, 4) is 0 Å². The number of likely N-dealkylation sites (tertiary alicyclic amines) is 1. The maximum absolute atomic E-state index is 12.0. The molecule has 7 heteroatoms. The second kappa shape index (κ2) is 7.23. The maximum atomic E-state index is 12.0. The van der Waals surface area contributed by atoms with E-state index in [1.165, 1.54) is 0 Å². The van der Waals surface area contributed by atoms with Gasteiger partial charge >= 0.3 is 5.97 Å². The molecule has 1 aliphatic heterocycles. The Labute approximate surface area is 117 Å². The summed E-state index contributed by atoms with van der Waals surface area (Å²) in [4.78, 5) is 36.3. The van der Waals surface area contributed by atoms with Crippen LogP contribution in [0, 0.1) is 11.8 Å². The summed E-state index contributed by atoms with van der Waals surface area (Å²) in [7, 11) is 0. The van der Waals surface area contributed by atoms with Gasteiger partial charge in [-0.15, -0.1) is 0 Å². The molecule has 1 rings (SSSR count). The molecule has 0 spiro atoms. The van der Waals surface area contributed by atoms with Crippen molar-refractivity contribution in [3.63, 3.8) is 0 Å². The third-order valence-corrected chi connectivity index (χ3v) is 3.20. The second-order valence-electron chi connectivity index (χ2n) is 5.51. The monoisotopic (exact) mass is 286 g/mol. The first-order valence-corrected chi connectivity index (χ1v) is 6.77. The van der Waals surface area contributed by atoms with Crippen molar-refractivity contribution in [2.45, 2.75) is 32.7 Å². The van der Waals surface area contributed by atoms with Gasteiger partial charge in [0.1, 0.15) is 6.04 Å². The van der Waals surface area contributed by atoms with Crippen LogP contribution in [0.5, 0.6) is 0 Å². The molecule has 2 amide bonds. The number of hydrogen-bond donors (Lipinski definition) is 3. The summed E-state index contributed by atoms with van der Waals surface area (Å²) in [5.74, 6) is -1.89. The Balaban J connectivity index is 2.56. The van der Waals surface area contributed by atoms with E-state index in [1.54, 1.807) is 4.90 Å². The molecule has 1 saturated heterocycles. The van der Waals surface area contributed by atoms with Crippen LogP contribution in [0.15, 0.2) is 0 Å². The van der Waals surface area contributed by atoms with Crippen LogP contribution in [-0.4, -0.2) is 58.6 Å². The van der Waals surface area contributed by atoms with Gasteiger partial charge in [-0.25, -0.2) is 4.79 Å². The predicted octanol–water partition coefficient (Wildman–Crippen LogP) is -0.557. The molecule has 2 unspecified atom stereocenters. The summed E-state index contributed by atoms with van der Waals surface area (Å²) in [5, 5.41) is 20.1. The number of amides is 2. The highest BCUT2D eigenvalue weighted by molar-refractivity contribution is 5.91. The molecule has 1 aliphatic rings. The maximum Gasteiger partial charge on any atom is 0.326 e. The quantitative estimate of drug-likeness (QED) is 0.582. The third kappa shape index (κ3) is 4.48. The largest absolute Gasteiger partial charge is 0.480 e. The number of hydrogen-bond acceptors (Lipinski definition) is 4. The van der Waals surface area contributed by atoms with Crippen LogP contribution >= 0.6 is 0 Å². The smallest absolute Gasteiger partial charge is 0.326 e. The molecule has 0 saturated carbocycles. The van der Waals surface area contributed by atoms with Crippen molar-refractivity contribution in [1.29, 1.82) is 0 Å². The summed E-state index contributed by atoms with van der Waals surface area (Å²) in [6.45, 7) is 4.58. The Hall–Kier alpha value is -1.63. The van der Waals surface area contributed by atoms with Crippen molar-refractivity contribution >= 4 is 17.8 Å². The first-order valence-electron chi connectivity index (χ1n) is 6.77. The van der Waals surface area contributed by atoms with E-state index in [1.807, 2.05) is 13.8 Å². The Morgan fingerprint density at radius 1 is 1.45 bits per heavy atom. The number of nitrogens with zero attached hydrogens (tertiary/aromatic N) is 1. The second-order valence-corrected chi connectivity index (χ2v) is 5.51. The minimum Gasteiger partial charge on any atom is -0.480 e. The molecular formula is C13H22N2O5. The number of carboxylic acids is 1. The topological polar surface area (TPSA) is 107 Å². The Bertz CT molecular complexity index is 383. The van der Waals surface area contributed by atoms with E-state index in [0.717, 1.165) is 0 Å². The van der Waals surface area contributed by atoms with Gasteiger partial charge in [0.05, 0.1) is 5.92 Å². The average Bonchev–Trinajstić information content (AvgIpc) is 2.69. The van der Waals surface area contributed by atoms with Crippen LogP contribution in [0.3, 0.4) is 0 Å². The standard InChI is InChI=1S/C13H22N2O5/c1-8(2)6-15-7-9(5-11(15)17)12(18)14-10(3-4-16)13(19)20/h8-10,16H,3-7H2,1-2H3,(H,14,18)(H,19,20). The number of carbonyl (C=O) groups is 3. The van der Waals surface area contributed by atoms with E-state index in [2.05, 4.69) is 5.32 Å². The van der Waals surface area contributed by atoms with Gasteiger partial charge in [-0.2, -0.15) is 0 Å². The van der Waals surface area contributed by atoms with Gasteiger partial charge in [0.25, 0.3) is 0 Å². The molecule has 0 aromatic heterocycles. The molecule has 1 heterocycles. The summed E-state index contributed by atoms with van der Waals surface area (Å²) in [6, 6.07) is -1.11. The summed E-state index contributed by atoms with van der Waals surface area (Å²) >= 11 is 0. The molecule has 0 aliphatic carbocycles. The number of rotatable bonds is 7. The van der Waals surface area contributed by atoms with Crippen molar-refractivity contribution in [1.82, 2.24) is 10.2 Å². The van der Waals surface area contributed by atoms with Gasteiger partial charge in [0.2, 0.25) is 11.8 Å². The van der Waals surface area contributed by atoms with Crippen molar-refractivity contribution in [2.24, 2.45) is 11.8 Å². The molecule has 3 N–H and O–H groups in total. The number of aliphatic hydroxyl groups is 1. The lowest BCUT2D eigenvalue weighted by atomic mass is 10.1. The molecule has 0 radical (unpaired) electrons. The minimum absolute atomic E-state index is 0.0442. The van der Waals surface area contributed by atoms with Crippen LogP contribution < -0.4 is 5.32 Å². The van der Waals surface area contributed by atoms with Crippen LogP contribution in [0.4, 0.5) is 0 Å². The van der Waals surface area contributed by atoms with Crippen LogP contribution in [0.2, 0.25) is 0 Å².